The van der Waals surface area contributed by atoms with Crippen LogP contribution in [0.2, 0.25) is 5.02 Å². The quantitative estimate of drug-likeness (QED) is 0.895. The summed E-state index contributed by atoms with van der Waals surface area (Å²) in [4.78, 5) is 26.4. The molecule has 4 rings (SSSR count). The fraction of sp³-hybridized carbons (Fsp3) is 0.263. The molecule has 134 valence electrons. The molecule has 0 radical (unpaired) electrons. The second-order valence-electron chi connectivity index (χ2n) is 6.36. The molecule has 26 heavy (non-hydrogen) atoms. The zero-order valence-corrected chi connectivity index (χ0v) is 14.7. The van der Waals surface area contributed by atoms with Gasteiger partial charge in [0.25, 0.3) is 0 Å². The van der Waals surface area contributed by atoms with Gasteiger partial charge in [0.05, 0.1) is 5.92 Å². The summed E-state index contributed by atoms with van der Waals surface area (Å²) in [5.41, 5.74) is 1.61. The van der Waals surface area contributed by atoms with E-state index in [0.717, 1.165) is 5.56 Å². The van der Waals surface area contributed by atoms with Gasteiger partial charge < -0.3 is 19.7 Å². The van der Waals surface area contributed by atoms with E-state index in [1.165, 1.54) is 0 Å². The molecule has 2 heterocycles. The highest BCUT2D eigenvalue weighted by Crippen LogP contribution is 2.33. The molecule has 7 heteroatoms. The minimum Gasteiger partial charge on any atom is -0.454 e. The number of carbonyl (C=O) groups is 2. The van der Waals surface area contributed by atoms with E-state index in [1.807, 2.05) is 18.2 Å². The molecule has 1 atom stereocenters. The lowest BCUT2D eigenvalue weighted by Crippen LogP contribution is -2.28. The Morgan fingerprint density at radius 1 is 1.15 bits per heavy atom. The molecule has 2 aliphatic heterocycles. The molecule has 1 saturated heterocycles. The normalized spacial score (nSPS) is 18.3. The number of hydrogen-bond acceptors (Lipinski definition) is 4. The van der Waals surface area contributed by atoms with Crippen LogP contribution in [0.1, 0.15) is 12.0 Å². The molecular formula is C19H17ClN2O4. The number of hydrogen-bond donors (Lipinski definition) is 1. The topological polar surface area (TPSA) is 67.9 Å². The third-order valence-electron chi connectivity index (χ3n) is 4.51. The molecule has 2 aromatic carbocycles. The van der Waals surface area contributed by atoms with Crippen LogP contribution < -0.4 is 14.8 Å². The van der Waals surface area contributed by atoms with E-state index in [9.17, 15) is 9.59 Å². The average Bonchev–Trinajstić information content (AvgIpc) is 3.23. The van der Waals surface area contributed by atoms with Crippen LogP contribution in [-0.2, 0) is 16.1 Å². The highest BCUT2D eigenvalue weighted by molar-refractivity contribution is 6.30. The number of benzene rings is 2. The molecule has 0 aromatic heterocycles. The number of amides is 2. The number of halogens is 1. The van der Waals surface area contributed by atoms with E-state index >= 15 is 0 Å². The number of carbonyl (C=O) groups excluding carboxylic acids is 2. The van der Waals surface area contributed by atoms with E-state index < -0.39 is 0 Å². The van der Waals surface area contributed by atoms with Gasteiger partial charge in [-0.3, -0.25) is 9.59 Å². The Labute approximate surface area is 155 Å². The standard InChI is InChI=1S/C19H17ClN2O4/c20-14-2-4-15(5-3-14)21-19(24)13-8-18(23)22(10-13)9-12-1-6-16-17(7-12)26-11-25-16/h1-7,13H,8-11H2,(H,21,24). The number of likely N-dealkylation sites (tertiary alicyclic amines) is 1. The minimum absolute atomic E-state index is 0.0288. The SMILES string of the molecule is O=C(Nc1ccc(Cl)cc1)C1CC(=O)N(Cc2ccc3c(c2)OCO3)C1. The first-order valence-electron chi connectivity index (χ1n) is 8.31. The molecular weight excluding hydrogens is 356 g/mol. The molecule has 0 saturated carbocycles. The lowest BCUT2D eigenvalue weighted by Gasteiger charge is -2.17. The lowest BCUT2D eigenvalue weighted by molar-refractivity contribution is -0.128. The molecule has 1 N–H and O–H groups in total. The van der Waals surface area contributed by atoms with Crippen LogP contribution in [0.15, 0.2) is 42.5 Å². The highest BCUT2D eigenvalue weighted by Gasteiger charge is 2.34. The van der Waals surface area contributed by atoms with E-state index in [2.05, 4.69) is 5.32 Å². The van der Waals surface area contributed by atoms with Crippen molar-refractivity contribution in [2.45, 2.75) is 13.0 Å². The molecule has 1 unspecified atom stereocenters. The third kappa shape index (κ3) is 3.46. The van der Waals surface area contributed by atoms with Gasteiger partial charge in [0.1, 0.15) is 0 Å². The Hall–Kier alpha value is -2.73. The van der Waals surface area contributed by atoms with Crippen molar-refractivity contribution in [2.24, 2.45) is 5.92 Å². The summed E-state index contributed by atoms with van der Waals surface area (Å²) >= 11 is 5.85. The third-order valence-corrected chi connectivity index (χ3v) is 4.76. The number of rotatable bonds is 4. The monoisotopic (exact) mass is 372 g/mol. The Morgan fingerprint density at radius 3 is 2.73 bits per heavy atom. The van der Waals surface area contributed by atoms with Crippen LogP contribution in [0.5, 0.6) is 11.5 Å². The number of fused-ring (bicyclic) bond motifs is 1. The first-order valence-corrected chi connectivity index (χ1v) is 8.69. The summed E-state index contributed by atoms with van der Waals surface area (Å²) in [6.07, 6.45) is 0.212. The fourth-order valence-corrected chi connectivity index (χ4v) is 3.26. The number of anilines is 1. The summed E-state index contributed by atoms with van der Waals surface area (Å²) in [6, 6.07) is 12.5. The van der Waals surface area contributed by atoms with Crippen LogP contribution in [-0.4, -0.2) is 30.1 Å². The molecule has 0 bridgehead atoms. The van der Waals surface area contributed by atoms with Gasteiger partial charge in [-0.1, -0.05) is 17.7 Å². The summed E-state index contributed by atoms with van der Waals surface area (Å²) in [6.45, 7) is 1.06. The Morgan fingerprint density at radius 2 is 1.92 bits per heavy atom. The second-order valence-corrected chi connectivity index (χ2v) is 6.80. The van der Waals surface area contributed by atoms with Crippen molar-refractivity contribution in [1.29, 1.82) is 0 Å². The van der Waals surface area contributed by atoms with Gasteiger partial charge in [-0.2, -0.15) is 0 Å². The number of nitrogens with zero attached hydrogens (tertiary/aromatic N) is 1. The van der Waals surface area contributed by atoms with Gasteiger partial charge in [-0.05, 0) is 42.0 Å². The van der Waals surface area contributed by atoms with E-state index in [-0.39, 0.29) is 30.9 Å². The van der Waals surface area contributed by atoms with Gasteiger partial charge in [0.15, 0.2) is 11.5 Å². The molecule has 2 aromatic rings. The van der Waals surface area contributed by atoms with E-state index in [4.69, 9.17) is 21.1 Å². The fourth-order valence-electron chi connectivity index (χ4n) is 3.14. The number of ether oxygens (including phenoxy) is 2. The van der Waals surface area contributed by atoms with E-state index in [0.29, 0.717) is 35.3 Å². The Balaban J connectivity index is 1.38. The van der Waals surface area contributed by atoms with Crippen molar-refractivity contribution in [2.75, 3.05) is 18.7 Å². The maximum Gasteiger partial charge on any atom is 0.231 e. The van der Waals surface area contributed by atoms with Crippen molar-refractivity contribution in [1.82, 2.24) is 4.90 Å². The molecule has 2 aliphatic rings. The zero-order chi connectivity index (χ0) is 18.1. The van der Waals surface area contributed by atoms with Gasteiger partial charge in [0, 0.05) is 30.2 Å². The Bertz CT molecular complexity index is 853. The largest absolute Gasteiger partial charge is 0.454 e. The summed E-state index contributed by atoms with van der Waals surface area (Å²) in [7, 11) is 0. The van der Waals surface area contributed by atoms with Crippen LogP contribution in [0.25, 0.3) is 0 Å². The second kappa shape index (κ2) is 6.88. The summed E-state index contributed by atoms with van der Waals surface area (Å²) in [5.74, 6) is 0.841. The van der Waals surface area contributed by atoms with Crippen molar-refractivity contribution in [3.8, 4) is 11.5 Å². The van der Waals surface area contributed by atoms with Crippen LogP contribution in [0.4, 0.5) is 5.69 Å². The number of nitrogens with one attached hydrogen (secondary N) is 1. The van der Waals surface area contributed by atoms with Gasteiger partial charge in [-0.15, -0.1) is 0 Å². The minimum atomic E-state index is -0.368. The van der Waals surface area contributed by atoms with E-state index in [1.54, 1.807) is 29.2 Å². The van der Waals surface area contributed by atoms with Crippen LogP contribution in [0.3, 0.4) is 0 Å². The molecule has 2 amide bonds. The van der Waals surface area contributed by atoms with Crippen molar-refractivity contribution in [3.05, 3.63) is 53.1 Å². The van der Waals surface area contributed by atoms with Crippen molar-refractivity contribution < 1.29 is 19.1 Å². The molecule has 0 aliphatic carbocycles. The maximum atomic E-state index is 12.4. The predicted octanol–water partition coefficient (Wildman–Crippen LogP) is 3.06. The molecule has 0 spiro atoms. The van der Waals surface area contributed by atoms with Gasteiger partial charge in [0.2, 0.25) is 18.6 Å². The average molecular weight is 373 g/mol. The van der Waals surface area contributed by atoms with Crippen molar-refractivity contribution in [3.63, 3.8) is 0 Å². The molecule has 1 fully saturated rings. The van der Waals surface area contributed by atoms with Gasteiger partial charge >= 0.3 is 0 Å². The van der Waals surface area contributed by atoms with Crippen LogP contribution >= 0.6 is 11.6 Å². The van der Waals surface area contributed by atoms with Crippen LogP contribution in [0, 0.1) is 5.92 Å². The Kier molecular flexibility index (Phi) is 4.42. The first kappa shape index (κ1) is 16.7. The lowest BCUT2D eigenvalue weighted by atomic mass is 10.1. The summed E-state index contributed by atoms with van der Waals surface area (Å²) < 4.78 is 10.7. The maximum absolute atomic E-state index is 12.4. The summed E-state index contributed by atoms with van der Waals surface area (Å²) in [5, 5.41) is 3.44. The predicted molar refractivity (Wildman–Crippen MR) is 96.2 cm³/mol. The first-order chi connectivity index (χ1) is 12.6. The zero-order valence-electron chi connectivity index (χ0n) is 13.9. The molecule has 6 nitrogen and oxygen atoms in total. The highest BCUT2D eigenvalue weighted by atomic mass is 35.5. The van der Waals surface area contributed by atoms with Crippen molar-refractivity contribution >= 4 is 29.1 Å². The van der Waals surface area contributed by atoms with Gasteiger partial charge in [-0.25, -0.2) is 0 Å². The smallest absolute Gasteiger partial charge is 0.231 e.